The zero-order valence-electron chi connectivity index (χ0n) is 21.9. The molecule has 8 heteroatoms. The van der Waals surface area contributed by atoms with Crippen molar-refractivity contribution in [1.82, 2.24) is 5.32 Å². The van der Waals surface area contributed by atoms with Crippen molar-refractivity contribution in [3.63, 3.8) is 0 Å². The Balaban J connectivity index is 1.54. The maximum atomic E-state index is 13.7. The highest BCUT2D eigenvalue weighted by atomic mass is 32.2. The van der Waals surface area contributed by atoms with Crippen LogP contribution in [-0.4, -0.2) is 33.3 Å². The lowest BCUT2D eigenvalue weighted by Gasteiger charge is -2.26. The average Bonchev–Trinajstić information content (AvgIpc) is 2.94. The predicted octanol–water partition coefficient (Wildman–Crippen LogP) is 5.11. The standard InChI is InChI=1S/C31H31N3O4S/c1-23-12-11-19-29(24(23)2)34(39(37,38)26-15-7-4-8-16-26)22-30(35)33-28-18-10-9-17-27(28)31(36)32-21-20-25-13-5-3-6-14-25/h3-19H,20-22H2,1-2H3,(H,32,36)(H,33,35). The van der Waals surface area contributed by atoms with Gasteiger partial charge in [-0.15, -0.1) is 0 Å². The molecular weight excluding hydrogens is 510 g/mol. The second-order valence-corrected chi connectivity index (χ2v) is 11.0. The number of para-hydroxylation sites is 1. The van der Waals surface area contributed by atoms with E-state index in [1.54, 1.807) is 54.6 Å². The van der Waals surface area contributed by atoms with Crippen molar-refractivity contribution >= 4 is 33.2 Å². The van der Waals surface area contributed by atoms with Crippen LogP contribution in [0.4, 0.5) is 11.4 Å². The van der Waals surface area contributed by atoms with Crippen molar-refractivity contribution in [1.29, 1.82) is 0 Å². The maximum Gasteiger partial charge on any atom is 0.264 e. The van der Waals surface area contributed by atoms with Gasteiger partial charge in [-0.1, -0.05) is 72.8 Å². The van der Waals surface area contributed by atoms with Gasteiger partial charge in [0.15, 0.2) is 0 Å². The maximum absolute atomic E-state index is 13.7. The van der Waals surface area contributed by atoms with Gasteiger partial charge in [0.1, 0.15) is 6.54 Å². The summed E-state index contributed by atoms with van der Waals surface area (Å²) in [4.78, 5) is 26.3. The molecule has 2 amide bonds. The first kappa shape index (κ1) is 27.6. The third-order valence-electron chi connectivity index (χ3n) is 6.45. The predicted molar refractivity (Wildman–Crippen MR) is 154 cm³/mol. The molecular formula is C31H31N3O4S. The molecule has 0 aromatic heterocycles. The lowest BCUT2D eigenvalue weighted by molar-refractivity contribution is -0.114. The SMILES string of the molecule is Cc1cccc(N(CC(=O)Nc2ccccc2C(=O)NCCc2ccccc2)S(=O)(=O)c2ccccc2)c1C. The van der Waals surface area contributed by atoms with Crippen molar-refractivity contribution in [3.05, 3.63) is 125 Å². The highest BCUT2D eigenvalue weighted by Crippen LogP contribution is 2.28. The number of hydrogen-bond acceptors (Lipinski definition) is 4. The summed E-state index contributed by atoms with van der Waals surface area (Å²) in [5.41, 5.74) is 3.77. The smallest absolute Gasteiger partial charge is 0.264 e. The fourth-order valence-corrected chi connectivity index (χ4v) is 5.70. The molecule has 200 valence electrons. The molecule has 0 fully saturated rings. The summed E-state index contributed by atoms with van der Waals surface area (Å²) in [5.74, 6) is -0.898. The van der Waals surface area contributed by atoms with Crippen LogP contribution in [0.2, 0.25) is 0 Å². The number of nitrogens with zero attached hydrogens (tertiary/aromatic N) is 1. The molecule has 0 unspecified atom stereocenters. The molecule has 0 radical (unpaired) electrons. The largest absolute Gasteiger partial charge is 0.352 e. The highest BCUT2D eigenvalue weighted by molar-refractivity contribution is 7.92. The molecule has 0 saturated heterocycles. The number of anilines is 2. The van der Waals surface area contributed by atoms with Crippen molar-refractivity contribution in [2.24, 2.45) is 0 Å². The van der Waals surface area contributed by atoms with E-state index in [9.17, 15) is 18.0 Å². The van der Waals surface area contributed by atoms with Gasteiger partial charge in [0.05, 0.1) is 21.8 Å². The molecule has 7 nitrogen and oxygen atoms in total. The monoisotopic (exact) mass is 541 g/mol. The van der Waals surface area contributed by atoms with Gasteiger partial charge in [0.2, 0.25) is 5.91 Å². The molecule has 0 bridgehead atoms. The molecule has 0 atom stereocenters. The Morgan fingerprint density at radius 2 is 1.41 bits per heavy atom. The highest BCUT2D eigenvalue weighted by Gasteiger charge is 2.29. The lowest BCUT2D eigenvalue weighted by Crippen LogP contribution is -2.39. The summed E-state index contributed by atoms with van der Waals surface area (Å²) in [5, 5.41) is 5.64. The number of carbonyl (C=O) groups is 2. The average molecular weight is 542 g/mol. The first-order chi connectivity index (χ1) is 18.8. The second kappa shape index (κ2) is 12.4. The molecule has 4 aromatic carbocycles. The van der Waals surface area contributed by atoms with Crippen molar-refractivity contribution < 1.29 is 18.0 Å². The van der Waals surface area contributed by atoms with E-state index in [4.69, 9.17) is 0 Å². The van der Waals surface area contributed by atoms with Gasteiger partial charge in [0, 0.05) is 6.54 Å². The number of carbonyl (C=O) groups excluding carboxylic acids is 2. The number of nitrogens with one attached hydrogen (secondary N) is 2. The van der Waals surface area contributed by atoms with Crippen LogP contribution in [0, 0.1) is 13.8 Å². The zero-order valence-corrected chi connectivity index (χ0v) is 22.7. The quantitative estimate of drug-likeness (QED) is 0.292. The van der Waals surface area contributed by atoms with E-state index in [0.29, 0.717) is 29.9 Å². The van der Waals surface area contributed by atoms with Crippen molar-refractivity contribution in [2.75, 3.05) is 22.7 Å². The fraction of sp³-hybridized carbons (Fsp3) is 0.161. The fourth-order valence-electron chi connectivity index (χ4n) is 4.20. The minimum Gasteiger partial charge on any atom is -0.352 e. The van der Waals surface area contributed by atoms with E-state index in [0.717, 1.165) is 21.0 Å². The zero-order chi connectivity index (χ0) is 27.8. The van der Waals surface area contributed by atoms with Crippen molar-refractivity contribution in [2.45, 2.75) is 25.2 Å². The first-order valence-electron chi connectivity index (χ1n) is 12.6. The molecule has 0 saturated carbocycles. The summed E-state index contributed by atoms with van der Waals surface area (Å²) in [7, 11) is -4.05. The Hall–Kier alpha value is -4.43. The third kappa shape index (κ3) is 6.72. The number of benzene rings is 4. The Bertz CT molecular complexity index is 1560. The van der Waals surface area contributed by atoms with E-state index >= 15 is 0 Å². The summed E-state index contributed by atoms with van der Waals surface area (Å²) in [6, 6.07) is 29.8. The summed E-state index contributed by atoms with van der Waals surface area (Å²) >= 11 is 0. The minimum atomic E-state index is -4.05. The number of aryl methyl sites for hydroxylation is 1. The Labute approximate surface area is 229 Å². The summed E-state index contributed by atoms with van der Waals surface area (Å²) in [6.07, 6.45) is 0.670. The van der Waals surface area contributed by atoms with Crippen LogP contribution in [0.5, 0.6) is 0 Å². The number of rotatable bonds is 10. The summed E-state index contributed by atoms with van der Waals surface area (Å²) in [6.45, 7) is 3.68. The van der Waals surface area contributed by atoms with E-state index in [-0.39, 0.29) is 10.8 Å². The topological polar surface area (TPSA) is 95.6 Å². The first-order valence-corrected chi connectivity index (χ1v) is 14.1. The van der Waals surface area contributed by atoms with Crippen LogP contribution in [-0.2, 0) is 21.2 Å². The molecule has 4 aromatic rings. The van der Waals surface area contributed by atoms with Crippen LogP contribution in [0.3, 0.4) is 0 Å². The third-order valence-corrected chi connectivity index (χ3v) is 8.22. The van der Waals surface area contributed by atoms with Crippen LogP contribution >= 0.6 is 0 Å². The van der Waals surface area contributed by atoms with Gasteiger partial charge in [0.25, 0.3) is 15.9 Å². The van der Waals surface area contributed by atoms with Gasteiger partial charge < -0.3 is 10.6 Å². The molecule has 0 aliphatic carbocycles. The second-order valence-electron chi connectivity index (χ2n) is 9.13. The molecule has 0 heterocycles. The number of hydrogen-bond donors (Lipinski definition) is 2. The lowest BCUT2D eigenvalue weighted by atomic mass is 10.1. The molecule has 0 spiro atoms. The normalized spacial score (nSPS) is 11.0. The molecule has 0 aliphatic heterocycles. The van der Waals surface area contributed by atoms with Gasteiger partial charge in [-0.3, -0.25) is 13.9 Å². The number of sulfonamides is 1. The van der Waals surface area contributed by atoms with Gasteiger partial charge >= 0.3 is 0 Å². The van der Waals surface area contributed by atoms with Gasteiger partial charge in [-0.05, 0) is 67.3 Å². The molecule has 2 N–H and O–H groups in total. The van der Waals surface area contributed by atoms with Gasteiger partial charge in [-0.25, -0.2) is 8.42 Å². The van der Waals surface area contributed by atoms with Crippen LogP contribution in [0.15, 0.2) is 108 Å². The van der Waals surface area contributed by atoms with Crippen molar-refractivity contribution in [3.8, 4) is 0 Å². The Kier molecular flexibility index (Phi) is 8.78. The Morgan fingerprint density at radius 1 is 0.769 bits per heavy atom. The summed E-state index contributed by atoms with van der Waals surface area (Å²) < 4.78 is 28.5. The minimum absolute atomic E-state index is 0.0805. The van der Waals surface area contributed by atoms with E-state index < -0.39 is 22.5 Å². The van der Waals surface area contributed by atoms with E-state index in [1.165, 1.54) is 12.1 Å². The molecule has 0 aliphatic rings. The number of amides is 2. The van der Waals surface area contributed by atoms with Crippen LogP contribution < -0.4 is 14.9 Å². The molecule has 39 heavy (non-hydrogen) atoms. The molecule has 4 rings (SSSR count). The Morgan fingerprint density at radius 3 is 2.13 bits per heavy atom. The van der Waals surface area contributed by atoms with E-state index in [1.807, 2.05) is 50.2 Å². The van der Waals surface area contributed by atoms with Gasteiger partial charge in [-0.2, -0.15) is 0 Å². The van der Waals surface area contributed by atoms with Crippen LogP contribution in [0.1, 0.15) is 27.0 Å². The van der Waals surface area contributed by atoms with E-state index in [2.05, 4.69) is 10.6 Å². The van der Waals surface area contributed by atoms with Crippen LogP contribution in [0.25, 0.3) is 0 Å².